The average molecular weight is 691 g/mol. The molecule has 4 N–H and O–H groups in total. The Labute approximate surface area is 283 Å². The molecule has 2 aliphatic heterocycles. The largest absolute Gasteiger partial charge is 0.462 e. The Morgan fingerprint density at radius 3 is 1.98 bits per heavy atom. The number of carbonyl (C=O) groups is 5. The van der Waals surface area contributed by atoms with Gasteiger partial charge in [-0.2, -0.15) is 0 Å². The number of aliphatic hydroxyl groups excluding tert-OH is 2. The quantitative estimate of drug-likeness (QED) is 0.175. The van der Waals surface area contributed by atoms with E-state index >= 15 is 0 Å². The maximum absolute atomic E-state index is 14.5. The zero-order valence-corrected chi connectivity index (χ0v) is 28.9. The number of aliphatic hydroxyl groups is 4. The standard InChI is InChI=1S/C35H46O14/c1-11-18-21(32(7)33(8,43)29(42)49-35(32)26(11)48-35)24(41)19-17-20(25(45-12(2)36)28(31(18,19)6)47-14(4)38)30(5)15(22(39)23(17)40)9-34(44)10-16(34)27(30)46-13(3)37/h11,15-21,23-28,40-41,43-44H,9-10H2,1-8H3/t11-,15+,16+,17-,18-,19+,20+,21-,23+,24+,25-,26-,27-,28-,30-,31+,32-,33+,34?,35+/m0/s1. The third-order valence-electron chi connectivity index (χ3n) is 15.4. The van der Waals surface area contributed by atoms with Gasteiger partial charge in [-0.25, -0.2) is 4.79 Å². The van der Waals surface area contributed by atoms with Crippen LogP contribution in [0.4, 0.5) is 0 Å². The molecule has 270 valence electrons. The predicted molar refractivity (Wildman–Crippen MR) is 160 cm³/mol. The third-order valence-corrected chi connectivity index (χ3v) is 15.4. The molecule has 0 aromatic carbocycles. The van der Waals surface area contributed by atoms with Crippen LogP contribution in [0.15, 0.2) is 0 Å². The van der Waals surface area contributed by atoms with Gasteiger partial charge in [-0.3, -0.25) is 19.2 Å². The lowest BCUT2D eigenvalue weighted by Crippen LogP contribution is -2.74. The van der Waals surface area contributed by atoms with Crippen LogP contribution in [0.1, 0.15) is 68.2 Å². The average Bonchev–Trinajstić information content (AvgIpc) is 3.86. The summed E-state index contributed by atoms with van der Waals surface area (Å²) in [5.41, 5.74) is -7.65. The number of hydrogen-bond donors (Lipinski definition) is 4. The van der Waals surface area contributed by atoms with E-state index in [0.717, 1.165) is 0 Å². The molecule has 2 heterocycles. The fraction of sp³-hybridized carbons (Fsp3) is 0.857. The second kappa shape index (κ2) is 9.41. The highest BCUT2D eigenvalue weighted by Gasteiger charge is 2.93. The Morgan fingerprint density at radius 1 is 0.796 bits per heavy atom. The number of epoxide rings is 1. The summed E-state index contributed by atoms with van der Waals surface area (Å²) in [5.74, 6) is -12.0. The van der Waals surface area contributed by atoms with Crippen LogP contribution in [-0.2, 0) is 47.7 Å². The Morgan fingerprint density at radius 2 is 1.39 bits per heavy atom. The summed E-state index contributed by atoms with van der Waals surface area (Å²) in [6, 6.07) is 0. The highest BCUT2D eigenvalue weighted by Crippen LogP contribution is 2.81. The minimum absolute atomic E-state index is 0.0230. The van der Waals surface area contributed by atoms with Crippen LogP contribution < -0.4 is 0 Å². The lowest BCUT2D eigenvalue weighted by molar-refractivity contribution is -0.278. The number of esters is 4. The van der Waals surface area contributed by atoms with Crippen molar-refractivity contribution in [2.24, 2.45) is 63.6 Å². The van der Waals surface area contributed by atoms with Gasteiger partial charge in [0.2, 0.25) is 5.79 Å². The molecule has 6 aliphatic carbocycles. The number of Topliss-reactive ketones (excluding diaryl/α,β-unsaturated/α-hetero) is 1. The van der Waals surface area contributed by atoms with Crippen LogP contribution in [0.3, 0.4) is 0 Å². The predicted octanol–water partition coefficient (Wildman–Crippen LogP) is 0.0366. The summed E-state index contributed by atoms with van der Waals surface area (Å²) >= 11 is 0. The Hall–Kier alpha value is -2.65. The van der Waals surface area contributed by atoms with Crippen molar-refractivity contribution < 1.29 is 68.1 Å². The van der Waals surface area contributed by atoms with Crippen LogP contribution in [0.5, 0.6) is 0 Å². The number of carbonyl (C=O) groups excluding carboxylic acids is 5. The van der Waals surface area contributed by atoms with Gasteiger partial charge >= 0.3 is 23.9 Å². The lowest BCUT2D eigenvalue weighted by atomic mass is 9.40. The minimum atomic E-state index is -2.13. The molecule has 2 saturated heterocycles. The molecule has 20 atom stereocenters. The van der Waals surface area contributed by atoms with Gasteiger partial charge in [-0.05, 0) is 38.5 Å². The van der Waals surface area contributed by atoms with Crippen molar-refractivity contribution in [2.45, 2.75) is 122 Å². The lowest BCUT2D eigenvalue weighted by Gasteiger charge is -2.65. The smallest absolute Gasteiger partial charge is 0.341 e. The molecule has 0 amide bonds. The van der Waals surface area contributed by atoms with E-state index in [9.17, 15) is 44.4 Å². The fourth-order valence-corrected chi connectivity index (χ4v) is 13.4. The highest BCUT2D eigenvalue weighted by atomic mass is 16.8. The van der Waals surface area contributed by atoms with Crippen LogP contribution in [0.25, 0.3) is 0 Å². The number of ether oxygens (including phenoxy) is 5. The van der Waals surface area contributed by atoms with Gasteiger partial charge < -0.3 is 44.1 Å². The van der Waals surface area contributed by atoms with E-state index in [4.69, 9.17) is 23.7 Å². The molecule has 0 aromatic heterocycles. The zero-order chi connectivity index (χ0) is 35.9. The van der Waals surface area contributed by atoms with Gasteiger partial charge in [0.25, 0.3) is 0 Å². The monoisotopic (exact) mass is 690 g/mol. The number of hydrogen-bond acceptors (Lipinski definition) is 14. The van der Waals surface area contributed by atoms with E-state index in [-0.39, 0.29) is 12.8 Å². The van der Waals surface area contributed by atoms with Crippen LogP contribution in [0.2, 0.25) is 0 Å². The van der Waals surface area contributed by atoms with Gasteiger partial charge in [0.05, 0.1) is 17.1 Å². The molecule has 49 heavy (non-hydrogen) atoms. The van der Waals surface area contributed by atoms with Crippen molar-refractivity contribution >= 4 is 29.7 Å². The zero-order valence-electron chi connectivity index (χ0n) is 28.9. The number of fused-ring (bicyclic) bond motifs is 9. The molecule has 14 heteroatoms. The van der Waals surface area contributed by atoms with E-state index < -0.39 is 147 Å². The third kappa shape index (κ3) is 3.53. The van der Waals surface area contributed by atoms with Gasteiger partial charge in [-0.15, -0.1) is 0 Å². The normalized spacial score (nSPS) is 60.2. The second-order valence-corrected chi connectivity index (χ2v) is 17.3. The van der Waals surface area contributed by atoms with Crippen molar-refractivity contribution in [2.75, 3.05) is 0 Å². The van der Waals surface area contributed by atoms with Crippen molar-refractivity contribution in [1.29, 1.82) is 0 Å². The van der Waals surface area contributed by atoms with E-state index in [0.29, 0.717) is 0 Å². The maximum atomic E-state index is 14.5. The molecule has 0 radical (unpaired) electrons. The topological polar surface area (TPSA) is 216 Å². The molecule has 0 bridgehead atoms. The molecule has 8 rings (SSSR count). The van der Waals surface area contributed by atoms with E-state index in [2.05, 4.69) is 0 Å². The van der Waals surface area contributed by atoms with Crippen molar-refractivity contribution in [1.82, 2.24) is 0 Å². The summed E-state index contributed by atoms with van der Waals surface area (Å²) in [5, 5.41) is 48.2. The Kier molecular flexibility index (Phi) is 6.43. The van der Waals surface area contributed by atoms with Crippen molar-refractivity contribution in [3.63, 3.8) is 0 Å². The summed E-state index contributed by atoms with van der Waals surface area (Å²) in [6.45, 7) is 12.0. The minimum Gasteiger partial charge on any atom is -0.462 e. The van der Waals surface area contributed by atoms with Gasteiger partial charge in [0.15, 0.2) is 11.4 Å². The first kappa shape index (κ1) is 33.5. The Bertz CT molecular complexity index is 1590. The fourth-order valence-electron chi connectivity index (χ4n) is 13.4. The first-order chi connectivity index (χ1) is 22.6. The molecule has 1 spiro atoms. The number of rotatable bonds is 3. The molecule has 0 aromatic rings. The van der Waals surface area contributed by atoms with E-state index in [1.54, 1.807) is 20.8 Å². The summed E-state index contributed by atoms with van der Waals surface area (Å²) < 4.78 is 30.2. The van der Waals surface area contributed by atoms with Gasteiger partial charge in [0.1, 0.15) is 30.5 Å². The number of ketones is 1. The summed E-state index contributed by atoms with van der Waals surface area (Å²) in [7, 11) is 0. The molecule has 8 fully saturated rings. The summed E-state index contributed by atoms with van der Waals surface area (Å²) in [6.07, 6.45) is -7.22. The van der Waals surface area contributed by atoms with Gasteiger partial charge in [0, 0.05) is 67.1 Å². The first-order valence-corrected chi connectivity index (χ1v) is 17.3. The van der Waals surface area contributed by atoms with E-state index in [1.807, 2.05) is 6.92 Å². The first-order valence-electron chi connectivity index (χ1n) is 17.3. The molecular weight excluding hydrogens is 644 g/mol. The molecule has 6 saturated carbocycles. The van der Waals surface area contributed by atoms with Crippen LogP contribution in [-0.4, -0.2) is 104 Å². The van der Waals surface area contributed by atoms with Crippen LogP contribution in [0, 0.1) is 63.6 Å². The second-order valence-electron chi connectivity index (χ2n) is 17.3. The molecule has 14 nitrogen and oxygen atoms in total. The Balaban J connectivity index is 1.38. The van der Waals surface area contributed by atoms with Crippen molar-refractivity contribution in [3.05, 3.63) is 0 Å². The van der Waals surface area contributed by atoms with Crippen LogP contribution >= 0.6 is 0 Å². The molecule has 1 unspecified atom stereocenters. The molecule has 8 aliphatic rings. The molecular formula is C35H46O14. The summed E-state index contributed by atoms with van der Waals surface area (Å²) in [4.78, 5) is 66.4. The highest BCUT2D eigenvalue weighted by molar-refractivity contribution is 5.88. The SMILES string of the molecule is CC(=O)O[C@H]1[C@H]2[C@H]([C@@H]3[C@@H](O)[C@@H]4[C@H]([C@H](C)[C@@H]5O[C@@]56OC(=O)[C@@](C)(O)[C@]46C)[C@@]3(C)[C@H]1OC(C)=O)[C@@H](O)C(=O)[C@H]1CC3(O)C[C@@H]3[C@H](OC(C)=O)[C@]21C. The maximum Gasteiger partial charge on any atom is 0.341 e. The van der Waals surface area contributed by atoms with Crippen molar-refractivity contribution in [3.8, 4) is 0 Å². The van der Waals surface area contributed by atoms with Gasteiger partial charge in [-0.1, -0.05) is 20.8 Å². The van der Waals surface area contributed by atoms with E-state index in [1.165, 1.54) is 27.7 Å².